The summed E-state index contributed by atoms with van der Waals surface area (Å²) in [6.45, 7) is 1.88. The van der Waals surface area contributed by atoms with Crippen LogP contribution >= 0.6 is 0 Å². The quantitative estimate of drug-likeness (QED) is 0.675. The number of esters is 1. The molecule has 1 N–H and O–H groups in total. The van der Waals surface area contributed by atoms with Gasteiger partial charge in [0.25, 0.3) is 0 Å². The first-order chi connectivity index (χ1) is 16.1. The molecule has 2 aromatic carbocycles. The number of Topliss-reactive ketones (excluding diaryl/α,β-unsaturated/α-hetero) is 1. The molecule has 0 aromatic heterocycles. The van der Waals surface area contributed by atoms with Crippen LogP contribution in [0.25, 0.3) is 11.1 Å². The van der Waals surface area contributed by atoms with Gasteiger partial charge in [-0.05, 0) is 36.1 Å². The molecule has 2 aromatic rings. The van der Waals surface area contributed by atoms with Crippen molar-refractivity contribution in [2.45, 2.75) is 38.2 Å². The molecule has 33 heavy (non-hydrogen) atoms. The number of hydrogen-bond acceptors (Lipinski definition) is 5. The summed E-state index contributed by atoms with van der Waals surface area (Å²) < 4.78 is 10.8. The first-order valence-corrected chi connectivity index (χ1v) is 11.3. The average Bonchev–Trinajstić information content (AvgIpc) is 3.38. The van der Waals surface area contributed by atoms with Gasteiger partial charge < -0.3 is 14.8 Å². The summed E-state index contributed by atoms with van der Waals surface area (Å²) >= 11 is 0. The Bertz CT molecular complexity index is 1170. The number of dihydropyridines is 1. The van der Waals surface area contributed by atoms with E-state index in [4.69, 9.17) is 9.47 Å². The van der Waals surface area contributed by atoms with Crippen molar-refractivity contribution < 1.29 is 19.1 Å². The lowest BCUT2D eigenvalue weighted by atomic mass is 9.71. The molecule has 168 valence electrons. The molecule has 5 heteroatoms. The number of nitrogens with one attached hydrogen (secondary N) is 1. The fourth-order valence-electron chi connectivity index (χ4n) is 5.25. The second-order valence-electron chi connectivity index (χ2n) is 8.84. The molecule has 3 atom stereocenters. The van der Waals surface area contributed by atoms with Gasteiger partial charge in [-0.2, -0.15) is 0 Å². The molecule has 3 unspecified atom stereocenters. The van der Waals surface area contributed by atoms with Crippen molar-refractivity contribution in [2.24, 2.45) is 5.92 Å². The molecule has 0 fully saturated rings. The smallest absolute Gasteiger partial charge is 0.336 e. The van der Waals surface area contributed by atoms with E-state index in [1.54, 1.807) is 6.26 Å². The van der Waals surface area contributed by atoms with E-state index in [9.17, 15) is 9.59 Å². The highest BCUT2D eigenvalue weighted by Gasteiger charge is 2.42. The zero-order valence-corrected chi connectivity index (χ0v) is 18.8. The molecule has 0 spiro atoms. The average molecular weight is 442 g/mol. The summed E-state index contributed by atoms with van der Waals surface area (Å²) in [6.07, 6.45) is 5.72. The molecule has 1 aliphatic carbocycles. The minimum absolute atomic E-state index is 0.0275. The predicted octanol–water partition coefficient (Wildman–Crippen LogP) is 5.02. The van der Waals surface area contributed by atoms with Gasteiger partial charge in [-0.15, -0.1) is 0 Å². The monoisotopic (exact) mass is 441 g/mol. The van der Waals surface area contributed by atoms with Crippen LogP contribution in [0.1, 0.15) is 37.7 Å². The molecule has 5 nitrogen and oxygen atoms in total. The standard InChI is InChI=1S/C28H27NO4/c1-17-25(28(31)32-2)26(20-12-10-19(11-13-20)18-7-4-3-5-8-18)27-22(29-17)15-21(16-23(27)30)24-9-6-14-33-24/h3-8,10-14,21,24,26,29H,9,15-16H2,1-2H3. The number of hydrogen-bond donors (Lipinski definition) is 1. The van der Waals surface area contributed by atoms with Crippen LogP contribution in [0, 0.1) is 5.92 Å². The zero-order valence-electron chi connectivity index (χ0n) is 18.8. The normalized spacial score (nSPS) is 24.3. The highest BCUT2D eigenvalue weighted by Crippen LogP contribution is 2.45. The van der Waals surface area contributed by atoms with Crippen molar-refractivity contribution in [1.29, 1.82) is 0 Å². The Hall–Kier alpha value is -3.60. The van der Waals surface area contributed by atoms with Gasteiger partial charge in [0.15, 0.2) is 5.78 Å². The Kier molecular flexibility index (Phi) is 5.63. The minimum atomic E-state index is -0.449. The third kappa shape index (κ3) is 3.88. The second-order valence-corrected chi connectivity index (χ2v) is 8.84. The molecular formula is C28H27NO4. The van der Waals surface area contributed by atoms with Gasteiger partial charge in [0.1, 0.15) is 6.10 Å². The molecule has 0 bridgehead atoms. The number of ketones is 1. The van der Waals surface area contributed by atoms with Crippen LogP contribution in [0.5, 0.6) is 0 Å². The maximum absolute atomic E-state index is 13.5. The van der Waals surface area contributed by atoms with Gasteiger partial charge in [-0.25, -0.2) is 4.79 Å². The lowest BCUT2D eigenvalue weighted by Crippen LogP contribution is -2.38. The summed E-state index contributed by atoms with van der Waals surface area (Å²) in [5.41, 5.74) is 5.92. The van der Waals surface area contributed by atoms with Crippen LogP contribution in [0.15, 0.2) is 89.5 Å². The van der Waals surface area contributed by atoms with Crippen LogP contribution < -0.4 is 5.32 Å². The zero-order chi connectivity index (χ0) is 22.9. The summed E-state index contributed by atoms with van der Waals surface area (Å²) in [5.74, 6) is -0.681. The molecule has 2 heterocycles. The van der Waals surface area contributed by atoms with E-state index in [1.807, 2.05) is 55.5 Å². The van der Waals surface area contributed by atoms with Crippen LogP contribution in [0.4, 0.5) is 0 Å². The Labute approximate surface area is 193 Å². The first-order valence-electron chi connectivity index (χ1n) is 11.3. The SMILES string of the molecule is COC(=O)C1=C(C)NC2=C(C(=O)CC(C3CC=CO3)C2)C1c1ccc(-c2ccccc2)cc1. The Balaban J connectivity index is 1.55. The number of benzene rings is 2. The van der Waals surface area contributed by atoms with Gasteiger partial charge in [0.2, 0.25) is 0 Å². The number of allylic oxidation sites excluding steroid dienone is 3. The van der Waals surface area contributed by atoms with Crippen molar-refractivity contribution in [3.63, 3.8) is 0 Å². The van der Waals surface area contributed by atoms with Crippen molar-refractivity contribution in [2.75, 3.05) is 7.11 Å². The lowest BCUT2D eigenvalue weighted by Gasteiger charge is -2.37. The maximum Gasteiger partial charge on any atom is 0.336 e. The third-order valence-corrected chi connectivity index (χ3v) is 6.86. The third-order valence-electron chi connectivity index (χ3n) is 6.86. The maximum atomic E-state index is 13.5. The summed E-state index contributed by atoms with van der Waals surface area (Å²) in [6, 6.07) is 18.3. The van der Waals surface area contributed by atoms with Gasteiger partial charge >= 0.3 is 5.97 Å². The van der Waals surface area contributed by atoms with Gasteiger partial charge in [0, 0.05) is 41.6 Å². The summed E-state index contributed by atoms with van der Waals surface area (Å²) in [5, 5.41) is 3.37. The first kappa shape index (κ1) is 21.3. The molecule has 2 aliphatic heterocycles. The number of carbonyl (C=O) groups is 2. The van der Waals surface area contributed by atoms with Crippen LogP contribution in [0.3, 0.4) is 0 Å². The molecule has 0 radical (unpaired) electrons. The van der Waals surface area contributed by atoms with Crippen LogP contribution in [0.2, 0.25) is 0 Å². The fraction of sp³-hybridized carbons (Fsp3) is 0.286. The Morgan fingerprint density at radius 2 is 1.76 bits per heavy atom. The van der Waals surface area contributed by atoms with E-state index in [1.165, 1.54) is 7.11 Å². The van der Waals surface area contributed by atoms with E-state index < -0.39 is 11.9 Å². The van der Waals surface area contributed by atoms with Gasteiger partial charge in [0.05, 0.1) is 18.9 Å². The van der Waals surface area contributed by atoms with Crippen molar-refractivity contribution in [3.8, 4) is 11.1 Å². The molecular weight excluding hydrogens is 414 g/mol. The van der Waals surface area contributed by atoms with Gasteiger partial charge in [-0.1, -0.05) is 54.6 Å². The highest BCUT2D eigenvalue weighted by molar-refractivity contribution is 6.04. The molecule has 5 rings (SSSR count). The molecule has 0 saturated heterocycles. The molecule has 0 saturated carbocycles. The summed E-state index contributed by atoms with van der Waals surface area (Å²) in [7, 11) is 1.38. The lowest BCUT2D eigenvalue weighted by molar-refractivity contribution is -0.136. The summed E-state index contributed by atoms with van der Waals surface area (Å²) in [4.78, 5) is 26.3. The highest BCUT2D eigenvalue weighted by atomic mass is 16.5. The van der Waals surface area contributed by atoms with Gasteiger partial charge in [-0.3, -0.25) is 4.79 Å². The van der Waals surface area contributed by atoms with Crippen molar-refractivity contribution in [1.82, 2.24) is 5.32 Å². The van der Waals surface area contributed by atoms with Crippen LogP contribution in [-0.4, -0.2) is 25.0 Å². The predicted molar refractivity (Wildman–Crippen MR) is 126 cm³/mol. The minimum Gasteiger partial charge on any atom is -0.498 e. The van der Waals surface area contributed by atoms with E-state index in [2.05, 4.69) is 17.4 Å². The van der Waals surface area contributed by atoms with E-state index >= 15 is 0 Å². The largest absolute Gasteiger partial charge is 0.498 e. The van der Waals surface area contributed by atoms with Crippen molar-refractivity contribution in [3.05, 3.63) is 95.0 Å². The number of carbonyl (C=O) groups excluding carboxylic acids is 2. The van der Waals surface area contributed by atoms with E-state index in [0.717, 1.165) is 40.9 Å². The van der Waals surface area contributed by atoms with E-state index in [-0.39, 0.29) is 17.8 Å². The fourth-order valence-corrected chi connectivity index (χ4v) is 5.25. The topological polar surface area (TPSA) is 64.6 Å². The Morgan fingerprint density at radius 3 is 2.42 bits per heavy atom. The number of methoxy groups -OCH3 is 1. The second kappa shape index (κ2) is 8.74. The molecule has 3 aliphatic rings. The number of rotatable bonds is 4. The Morgan fingerprint density at radius 1 is 1.03 bits per heavy atom. The van der Waals surface area contributed by atoms with Crippen molar-refractivity contribution >= 4 is 11.8 Å². The van der Waals surface area contributed by atoms with Crippen LogP contribution in [-0.2, 0) is 19.1 Å². The molecule has 0 amide bonds. The number of ether oxygens (including phenoxy) is 2. The van der Waals surface area contributed by atoms with E-state index in [0.29, 0.717) is 17.6 Å².